The summed E-state index contributed by atoms with van der Waals surface area (Å²) in [6, 6.07) is 0.349. The molecule has 2 rings (SSSR count). The molecule has 1 unspecified atom stereocenters. The topological polar surface area (TPSA) is 70.2 Å². The molecule has 3 N–H and O–H groups in total. The largest absolute Gasteiger partial charge is 0.352 e. The van der Waals surface area contributed by atoms with Crippen LogP contribution in [0.3, 0.4) is 0 Å². The molecule has 2 amide bonds. The van der Waals surface area contributed by atoms with Crippen molar-refractivity contribution >= 4 is 11.8 Å². The van der Waals surface area contributed by atoms with Gasteiger partial charge in [0.05, 0.1) is 12.0 Å². The lowest BCUT2D eigenvalue weighted by molar-refractivity contribution is -0.134. The van der Waals surface area contributed by atoms with Gasteiger partial charge in [0.25, 0.3) is 0 Å². The lowest BCUT2D eigenvalue weighted by Gasteiger charge is -2.30. The molecule has 5 heteroatoms. The van der Waals surface area contributed by atoms with Crippen LogP contribution >= 0.6 is 0 Å². The second-order valence-corrected chi connectivity index (χ2v) is 5.76. The van der Waals surface area contributed by atoms with E-state index in [4.69, 9.17) is 0 Å². The molecule has 1 aliphatic carbocycles. The highest BCUT2D eigenvalue weighted by Gasteiger charge is 2.43. The first-order valence-electron chi connectivity index (χ1n) is 6.83. The summed E-state index contributed by atoms with van der Waals surface area (Å²) in [4.78, 5) is 23.8. The van der Waals surface area contributed by atoms with E-state index >= 15 is 0 Å². The Hall–Kier alpha value is -1.10. The lowest BCUT2D eigenvalue weighted by Crippen LogP contribution is -2.48. The molecular weight excluding hydrogens is 230 g/mol. The summed E-state index contributed by atoms with van der Waals surface area (Å²) in [5.74, 6) is 0.211. The molecule has 0 radical (unpaired) electrons. The number of carbonyl (C=O) groups excluding carboxylic acids is 2. The molecule has 0 bridgehead atoms. The van der Waals surface area contributed by atoms with Gasteiger partial charge in [0.2, 0.25) is 11.8 Å². The molecule has 1 saturated carbocycles. The summed E-state index contributed by atoms with van der Waals surface area (Å²) < 4.78 is 0. The van der Waals surface area contributed by atoms with E-state index in [1.165, 1.54) is 0 Å². The third-order valence-corrected chi connectivity index (χ3v) is 4.10. The number of amides is 2. The Balaban J connectivity index is 1.83. The molecule has 0 aromatic carbocycles. The summed E-state index contributed by atoms with van der Waals surface area (Å²) in [5, 5.41) is 8.90. The summed E-state index contributed by atoms with van der Waals surface area (Å²) >= 11 is 0. The van der Waals surface area contributed by atoms with Crippen molar-refractivity contribution in [2.75, 3.05) is 19.6 Å². The number of rotatable bonds is 5. The van der Waals surface area contributed by atoms with Crippen LogP contribution in [0.1, 0.15) is 33.1 Å². The maximum absolute atomic E-state index is 12.3. The third-order valence-electron chi connectivity index (χ3n) is 4.10. The van der Waals surface area contributed by atoms with Crippen molar-refractivity contribution in [3.63, 3.8) is 0 Å². The zero-order valence-electron chi connectivity index (χ0n) is 11.2. The Kier molecular flexibility index (Phi) is 3.90. The average molecular weight is 253 g/mol. The first-order chi connectivity index (χ1) is 8.54. The Morgan fingerprint density at radius 3 is 2.61 bits per heavy atom. The summed E-state index contributed by atoms with van der Waals surface area (Å²) in [7, 11) is 0. The van der Waals surface area contributed by atoms with Crippen molar-refractivity contribution < 1.29 is 9.59 Å². The molecule has 18 heavy (non-hydrogen) atoms. The minimum Gasteiger partial charge on any atom is -0.352 e. The molecule has 1 saturated heterocycles. The molecule has 0 spiro atoms. The molecule has 1 heterocycles. The normalized spacial score (nSPS) is 27.3. The summed E-state index contributed by atoms with van der Waals surface area (Å²) in [5.41, 5.74) is -0.347. The number of carbonyl (C=O) groups is 2. The second kappa shape index (κ2) is 5.26. The van der Waals surface area contributed by atoms with Crippen molar-refractivity contribution in [2.24, 2.45) is 11.3 Å². The van der Waals surface area contributed by atoms with Crippen LogP contribution in [-0.2, 0) is 9.59 Å². The van der Waals surface area contributed by atoms with Crippen LogP contribution in [-0.4, -0.2) is 37.5 Å². The predicted octanol–water partition coefficient (Wildman–Crippen LogP) is 0.0169. The molecule has 102 valence electrons. The highest BCUT2D eigenvalue weighted by molar-refractivity contribution is 5.88. The van der Waals surface area contributed by atoms with Gasteiger partial charge in [-0.3, -0.25) is 9.59 Å². The van der Waals surface area contributed by atoms with E-state index in [1.54, 1.807) is 0 Å². The Labute approximate surface area is 108 Å². The molecule has 5 nitrogen and oxygen atoms in total. The average Bonchev–Trinajstić information content (AvgIpc) is 2.98. The number of hydrogen-bond acceptors (Lipinski definition) is 3. The molecular formula is C13H23N3O2. The maximum Gasteiger partial charge on any atom is 0.239 e. The van der Waals surface area contributed by atoms with Crippen LogP contribution in [0.2, 0.25) is 0 Å². The van der Waals surface area contributed by atoms with E-state index in [1.807, 2.05) is 0 Å². The van der Waals surface area contributed by atoms with Crippen LogP contribution in [0.25, 0.3) is 0 Å². The third kappa shape index (κ3) is 2.83. The highest BCUT2D eigenvalue weighted by atomic mass is 16.2. The molecule has 1 atom stereocenters. The maximum atomic E-state index is 12.3. The van der Waals surface area contributed by atoms with Gasteiger partial charge in [-0.25, -0.2) is 0 Å². The monoisotopic (exact) mass is 253 g/mol. The van der Waals surface area contributed by atoms with Crippen molar-refractivity contribution in [3.05, 3.63) is 0 Å². The quantitative estimate of drug-likeness (QED) is 0.647. The van der Waals surface area contributed by atoms with E-state index in [0.717, 1.165) is 25.8 Å². The van der Waals surface area contributed by atoms with Crippen molar-refractivity contribution in [1.82, 2.24) is 16.0 Å². The van der Waals surface area contributed by atoms with Crippen molar-refractivity contribution in [2.45, 2.75) is 39.2 Å². The molecule has 0 aromatic heterocycles. The van der Waals surface area contributed by atoms with Crippen molar-refractivity contribution in [3.8, 4) is 0 Å². The standard InChI is InChI=1S/C13H23N3O2/c1-9(2)13(5-6-14-8-13)12(18)15-7-11(17)16-10-3-4-10/h9-10,14H,3-8H2,1-2H3,(H,15,18)(H,16,17). The smallest absolute Gasteiger partial charge is 0.239 e. The van der Waals surface area contributed by atoms with Crippen molar-refractivity contribution in [1.29, 1.82) is 0 Å². The minimum atomic E-state index is -0.347. The predicted molar refractivity (Wildman–Crippen MR) is 68.9 cm³/mol. The molecule has 2 fully saturated rings. The number of nitrogens with one attached hydrogen (secondary N) is 3. The zero-order chi connectivity index (χ0) is 13.2. The zero-order valence-corrected chi connectivity index (χ0v) is 11.2. The molecule has 1 aliphatic heterocycles. The second-order valence-electron chi connectivity index (χ2n) is 5.76. The van der Waals surface area contributed by atoms with Gasteiger partial charge in [-0.15, -0.1) is 0 Å². The fourth-order valence-electron chi connectivity index (χ4n) is 2.50. The first kappa shape index (κ1) is 13.3. The van der Waals surface area contributed by atoms with Gasteiger partial charge in [0.1, 0.15) is 0 Å². The fraction of sp³-hybridized carbons (Fsp3) is 0.846. The SMILES string of the molecule is CC(C)C1(C(=O)NCC(=O)NC2CC2)CCNC1. The van der Waals surface area contributed by atoms with E-state index < -0.39 is 0 Å². The minimum absolute atomic E-state index is 0.00782. The van der Waals surface area contributed by atoms with Gasteiger partial charge in [-0.2, -0.15) is 0 Å². The first-order valence-corrected chi connectivity index (χ1v) is 6.83. The van der Waals surface area contributed by atoms with Gasteiger partial charge in [-0.1, -0.05) is 13.8 Å². The van der Waals surface area contributed by atoms with Crippen LogP contribution < -0.4 is 16.0 Å². The number of hydrogen-bond donors (Lipinski definition) is 3. The van der Waals surface area contributed by atoms with E-state index in [2.05, 4.69) is 29.8 Å². The summed E-state index contributed by atoms with van der Waals surface area (Å²) in [6.45, 7) is 5.82. The summed E-state index contributed by atoms with van der Waals surface area (Å²) in [6.07, 6.45) is 2.99. The van der Waals surface area contributed by atoms with Gasteiger partial charge in [0, 0.05) is 12.6 Å². The van der Waals surface area contributed by atoms with Gasteiger partial charge >= 0.3 is 0 Å². The van der Waals surface area contributed by atoms with Crippen LogP contribution in [0.15, 0.2) is 0 Å². The van der Waals surface area contributed by atoms with E-state index in [9.17, 15) is 9.59 Å². The fourth-order valence-corrected chi connectivity index (χ4v) is 2.50. The van der Waals surface area contributed by atoms with Crippen LogP contribution in [0.5, 0.6) is 0 Å². The van der Waals surface area contributed by atoms with Crippen LogP contribution in [0, 0.1) is 11.3 Å². The van der Waals surface area contributed by atoms with E-state index in [0.29, 0.717) is 12.6 Å². The van der Waals surface area contributed by atoms with E-state index in [-0.39, 0.29) is 29.7 Å². The van der Waals surface area contributed by atoms with Gasteiger partial charge in [0.15, 0.2) is 0 Å². The Morgan fingerprint density at radius 2 is 2.11 bits per heavy atom. The lowest BCUT2D eigenvalue weighted by atomic mass is 9.75. The molecule has 0 aromatic rings. The highest BCUT2D eigenvalue weighted by Crippen LogP contribution is 2.34. The van der Waals surface area contributed by atoms with Gasteiger partial charge in [-0.05, 0) is 31.7 Å². The Morgan fingerprint density at radius 1 is 1.39 bits per heavy atom. The molecule has 2 aliphatic rings. The van der Waals surface area contributed by atoms with Crippen LogP contribution in [0.4, 0.5) is 0 Å². The van der Waals surface area contributed by atoms with Gasteiger partial charge < -0.3 is 16.0 Å². The Bertz CT molecular complexity index is 331.